The second kappa shape index (κ2) is 8.99. The zero-order valence-electron chi connectivity index (χ0n) is 20.4. The summed E-state index contributed by atoms with van der Waals surface area (Å²) >= 11 is 0. The normalized spacial score (nSPS) is 20.4. The van der Waals surface area contributed by atoms with Crippen LogP contribution in [0.1, 0.15) is 53.9 Å². The molecule has 0 spiro atoms. The van der Waals surface area contributed by atoms with Crippen molar-refractivity contribution in [2.75, 3.05) is 11.4 Å². The number of nitrogens with zero attached hydrogens (tertiary/aromatic N) is 2. The van der Waals surface area contributed by atoms with Crippen molar-refractivity contribution in [1.29, 1.82) is 0 Å². The molecule has 36 heavy (non-hydrogen) atoms. The fraction of sp³-hybridized carbons (Fsp3) is 0.333. The smallest absolute Gasteiger partial charge is 0.259 e. The molecule has 0 bridgehead atoms. The number of hydrogen-bond acceptors (Lipinski definition) is 6. The quantitative estimate of drug-likeness (QED) is 0.548. The number of nitrogens with one attached hydrogen (secondary N) is 1. The van der Waals surface area contributed by atoms with Crippen molar-refractivity contribution >= 4 is 21.6 Å². The predicted octanol–water partition coefficient (Wildman–Crippen LogP) is 3.40. The third kappa shape index (κ3) is 4.27. The molecule has 1 amide bonds. The van der Waals surface area contributed by atoms with Crippen molar-refractivity contribution in [3.8, 4) is 5.88 Å². The lowest BCUT2D eigenvalue weighted by Crippen LogP contribution is -2.53. The van der Waals surface area contributed by atoms with Gasteiger partial charge in [0.15, 0.2) is 0 Å². The summed E-state index contributed by atoms with van der Waals surface area (Å²) in [7, 11) is -3.99. The largest absolute Gasteiger partial charge is 0.469 e. The number of amides is 1. The summed E-state index contributed by atoms with van der Waals surface area (Å²) in [5.41, 5.74) is 2.45. The van der Waals surface area contributed by atoms with Crippen LogP contribution in [0.25, 0.3) is 0 Å². The Morgan fingerprint density at radius 2 is 1.92 bits per heavy atom. The van der Waals surface area contributed by atoms with Crippen molar-refractivity contribution in [3.63, 3.8) is 0 Å². The number of aliphatic hydroxyl groups is 1. The topological polar surface area (TPSA) is 109 Å². The van der Waals surface area contributed by atoms with Crippen molar-refractivity contribution in [2.45, 2.75) is 56.3 Å². The lowest BCUT2D eigenvalue weighted by atomic mass is 9.88. The Balaban J connectivity index is 1.51. The van der Waals surface area contributed by atoms with E-state index in [4.69, 9.17) is 4.74 Å². The number of carbonyl (C=O) groups excluding carboxylic acids is 1. The number of pyridine rings is 1. The molecule has 0 radical (unpaired) electrons. The summed E-state index contributed by atoms with van der Waals surface area (Å²) in [4.78, 5) is 19.6. The van der Waals surface area contributed by atoms with E-state index in [1.54, 1.807) is 49.1 Å². The third-order valence-corrected chi connectivity index (χ3v) is 8.36. The third-order valence-electron chi connectivity index (χ3n) is 6.90. The summed E-state index contributed by atoms with van der Waals surface area (Å²) in [6.45, 7) is 5.87. The maximum Gasteiger partial charge on any atom is 0.259 e. The van der Waals surface area contributed by atoms with Gasteiger partial charge < -0.3 is 14.7 Å². The number of carbonyl (C=O) groups is 1. The summed E-state index contributed by atoms with van der Waals surface area (Å²) < 4.78 is 35.1. The Morgan fingerprint density at radius 3 is 2.64 bits per heavy atom. The summed E-state index contributed by atoms with van der Waals surface area (Å²) in [6, 6.07) is 14.9. The summed E-state index contributed by atoms with van der Waals surface area (Å²) in [5.74, 6) is -0.0657. The van der Waals surface area contributed by atoms with Gasteiger partial charge in [0.25, 0.3) is 5.91 Å². The second-order valence-electron chi connectivity index (χ2n) is 9.70. The summed E-state index contributed by atoms with van der Waals surface area (Å²) in [6.07, 6.45) is 1.76. The van der Waals surface area contributed by atoms with E-state index >= 15 is 0 Å². The molecule has 188 valence electrons. The van der Waals surface area contributed by atoms with Gasteiger partial charge in [-0.15, -0.1) is 0 Å². The van der Waals surface area contributed by atoms with Crippen molar-refractivity contribution in [1.82, 2.24) is 9.71 Å². The molecule has 0 saturated heterocycles. The number of fused-ring (bicyclic) bond motifs is 2. The molecule has 5 rings (SSSR count). The molecule has 3 heterocycles. The molecule has 2 aromatic carbocycles. The average Bonchev–Trinajstić information content (AvgIpc) is 3.30. The molecular formula is C27H29N3O5S. The minimum atomic E-state index is -3.99. The molecule has 1 aromatic heterocycles. The van der Waals surface area contributed by atoms with Gasteiger partial charge >= 0.3 is 0 Å². The fourth-order valence-corrected chi connectivity index (χ4v) is 5.97. The van der Waals surface area contributed by atoms with E-state index < -0.39 is 27.8 Å². The van der Waals surface area contributed by atoms with Crippen LogP contribution in [-0.2, 0) is 22.9 Å². The Morgan fingerprint density at radius 1 is 1.19 bits per heavy atom. The Bertz CT molecular complexity index is 1420. The molecule has 2 aliphatic rings. The molecule has 0 saturated carbocycles. The van der Waals surface area contributed by atoms with E-state index in [-0.39, 0.29) is 22.2 Å². The van der Waals surface area contributed by atoms with Gasteiger partial charge in [0.2, 0.25) is 15.9 Å². The first kappa shape index (κ1) is 24.4. The van der Waals surface area contributed by atoms with Gasteiger partial charge in [0, 0.05) is 24.0 Å². The Hall–Kier alpha value is -3.27. The van der Waals surface area contributed by atoms with E-state index in [0.29, 0.717) is 12.1 Å². The van der Waals surface area contributed by atoms with Crippen LogP contribution in [0.3, 0.4) is 0 Å². The van der Waals surface area contributed by atoms with Crippen LogP contribution < -0.4 is 14.4 Å². The number of aliphatic hydroxyl groups excluding tert-OH is 1. The van der Waals surface area contributed by atoms with E-state index in [1.807, 2.05) is 31.2 Å². The molecule has 2 atom stereocenters. The minimum Gasteiger partial charge on any atom is -0.469 e. The van der Waals surface area contributed by atoms with Gasteiger partial charge in [-0.1, -0.05) is 37.3 Å². The van der Waals surface area contributed by atoms with Gasteiger partial charge in [-0.2, -0.15) is 0 Å². The van der Waals surface area contributed by atoms with Crippen LogP contribution in [0.4, 0.5) is 5.69 Å². The molecular weight excluding hydrogens is 478 g/mol. The van der Waals surface area contributed by atoms with Crippen molar-refractivity contribution in [2.24, 2.45) is 0 Å². The van der Waals surface area contributed by atoms with E-state index in [9.17, 15) is 18.3 Å². The van der Waals surface area contributed by atoms with Crippen molar-refractivity contribution < 1.29 is 23.1 Å². The fourth-order valence-electron chi connectivity index (χ4n) is 4.75. The molecule has 3 aromatic rings. The highest BCUT2D eigenvalue weighted by molar-refractivity contribution is 7.89. The second-order valence-corrected chi connectivity index (χ2v) is 11.4. The number of aromatic nitrogens is 1. The average molecular weight is 508 g/mol. The molecule has 0 unspecified atom stereocenters. The lowest BCUT2D eigenvalue weighted by molar-refractivity contribution is -0.0632. The molecule has 9 heteroatoms. The first-order valence-corrected chi connectivity index (χ1v) is 13.5. The number of anilines is 1. The van der Waals surface area contributed by atoms with Gasteiger partial charge in [0.05, 0.1) is 16.5 Å². The van der Waals surface area contributed by atoms with Crippen LogP contribution in [-0.4, -0.2) is 42.7 Å². The van der Waals surface area contributed by atoms with Crippen LogP contribution >= 0.6 is 0 Å². The standard InChI is InChI=1S/C27H29N3O5S/c1-4-17-9-11-20(12-10-17)36(33,34)29-23-21-15-19(16-28-25(21)35-27(2,3)24(23)31)26(32)30-14-13-18-7-5-6-8-22(18)30/h5-12,15-16,23-24,29,31H,4,13-14H2,1-3H3/t23-,24+/m1/s1. The number of hydrogen-bond donors (Lipinski definition) is 2. The number of ether oxygens (including phenoxy) is 1. The molecule has 2 N–H and O–H groups in total. The zero-order valence-corrected chi connectivity index (χ0v) is 21.2. The lowest BCUT2D eigenvalue weighted by Gasteiger charge is -2.41. The van der Waals surface area contributed by atoms with Crippen LogP contribution in [0.2, 0.25) is 0 Å². The SMILES string of the molecule is CCc1ccc(S(=O)(=O)N[C@@H]2c3cc(C(=O)N4CCc5ccccc54)cnc3OC(C)(C)[C@H]2O)cc1. The predicted molar refractivity (Wildman–Crippen MR) is 136 cm³/mol. The van der Waals surface area contributed by atoms with Gasteiger partial charge in [0.1, 0.15) is 11.7 Å². The van der Waals surface area contributed by atoms with Crippen LogP contribution in [0.15, 0.2) is 65.7 Å². The van der Waals surface area contributed by atoms with Crippen LogP contribution in [0.5, 0.6) is 5.88 Å². The zero-order chi connectivity index (χ0) is 25.7. The van der Waals surface area contributed by atoms with Crippen LogP contribution in [0, 0.1) is 0 Å². The number of aryl methyl sites for hydroxylation is 1. The Kier molecular flexibility index (Phi) is 6.10. The molecule has 2 aliphatic heterocycles. The van der Waals surface area contributed by atoms with E-state index in [2.05, 4.69) is 9.71 Å². The highest BCUT2D eigenvalue weighted by Gasteiger charge is 2.45. The van der Waals surface area contributed by atoms with E-state index in [1.165, 1.54) is 6.20 Å². The molecule has 0 fully saturated rings. The maximum absolute atomic E-state index is 13.4. The number of benzene rings is 2. The van der Waals surface area contributed by atoms with Gasteiger partial charge in [-0.3, -0.25) is 4.79 Å². The number of sulfonamides is 1. The molecule has 8 nitrogen and oxygen atoms in total. The highest BCUT2D eigenvalue weighted by atomic mass is 32.2. The Labute approximate surface area is 211 Å². The monoisotopic (exact) mass is 507 g/mol. The maximum atomic E-state index is 13.4. The molecule has 0 aliphatic carbocycles. The first-order valence-electron chi connectivity index (χ1n) is 12.0. The van der Waals surface area contributed by atoms with Crippen molar-refractivity contribution in [3.05, 3.63) is 83.0 Å². The number of rotatable bonds is 5. The summed E-state index contributed by atoms with van der Waals surface area (Å²) in [5, 5.41) is 11.1. The number of para-hydroxylation sites is 1. The first-order chi connectivity index (χ1) is 17.1. The highest BCUT2D eigenvalue weighted by Crippen LogP contribution is 2.40. The van der Waals surface area contributed by atoms with Gasteiger partial charge in [-0.05, 0) is 62.1 Å². The van der Waals surface area contributed by atoms with Gasteiger partial charge in [-0.25, -0.2) is 18.1 Å². The minimum absolute atomic E-state index is 0.0895. The van der Waals surface area contributed by atoms with E-state index in [0.717, 1.165) is 29.7 Å².